The summed E-state index contributed by atoms with van der Waals surface area (Å²) in [5, 5.41) is 2.39. The number of hydrogen-bond donors (Lipinski definition) is 0. The summed E-state index contributed by atoms with van der Waals surface area (Å²) in [5.41, 5.74) is 4.08. The molecule has 0 amide bonds. The van der Waals surface area contributed by atoms with Gasteiger partial charge in [-0.1, -0.05) is 58.4 Å². The quantitative estimate of drug-likeness (QED) is 0.323. The maximum Gasteiger partial charge on any atom is 0.149 e. The highest BCUT2D eigenvalue weighted by Gasteiger charge is 2.23. The van der Waals surface area contributed by atoms with Gasteiger partial charge in [0.1, 0.15) is 16.5 Å². The van der Waals surface area contributed by atoms with Gasteiger partial charge in [0.15, 0.2) is 0 Å². The Hall–Kier alpha value is -2.52. The van der Waals surface area contributed by atoms with Crippen LogP contribution < -0.4 is 0 Å². The van der Waals surface area contributed by atoms with Gasteiger partial charge in [-0.3, -0.25) is 0 Å². The summed E-state index contributed by atoms with van der Waals surface area (Å²) in [7, 11) is 0. The van der Waals surface area contributed by atoms with Gasteiger partial charge in [-0.25, -0.2) is 14.4 Å². The van der Waals surface area contributed by atoms with E-state index >= 15 is 0 Å². The molecule has 0 fully saturated rings. The first kappa shape index (κ1) is 20.7. The standard InChI is InChI=1S/C26H26ClFN2/c1-25(2,3)19-13-17-6-9-20(29-24(17)21(28)14-19)15-26(4,5)18-8-10-22-16(12-18)7-11-23(27)30-22/h6-14H,15H2,1-5H3. The number of aromatic nitrogens is 2. The van der Waals surface area contributed by atoms with Gasteiger partial charge in [0, 0.05) is 16.5 Å². The van der Waals surface area contributed by atoms with Gasteiger partial charge >= 0.3 is 0 Å². The van der Waals surface area contributed by atoms with Gasteiger partial charge in [-0.2, -0.15) is 0 Å². The van der Waals surface area contributed by atoms with Crippen molar-refractivity contribution in [2.45, 2.75) is 51.9 Å². The van der Waals surface area contributed by atoms with Crippen molar-refractivity contribution >= 4 is 33.4 Å². The lowest BCUT2D eigenvalue weighted by Gasteiger charge is -2.26. The molecular weight excluding hydrogens is 395 g/mol. The molecule has 0 bridgehead atoms. The Bertz CT molecular complexity index is 1260. The summed E-state index contributed by atoms with van der Waals surface area (Å²) < 4.78 is 14.8. The van der Waals surface area contributed by atoms with E-state index in [1.54, 1.807) is 12.1 Å². The van der Waals surface area contributed by atoms with E-state index in [4.69, 9.17) is 11.6 Å². The van der Waals surface area contributed by atoms with Gasteiger partial charge in [0.2, 0.25) is 0 Å². The average Bonchev–Trinajstić information content (AvgIpc) is 2.66. The number of benzene rings is 2. The van der Waals surface area contributed by atoms with Gasteiger partial charge in [0.05, 0.1) is 5.52 Å². The molecule has 0 unspecified atom stereocenters. The van der Waals surface area contributed by atoms with Crippen molar-refractivity contribution in [3.8, 4) is 0 Å². The fourth-order valence-corrected chi connectivity index (χ4v) is 3.99. The smallest absolute Gasteiger partial charge is 0.149 e. The first-order valence-electron chi connectivity index (χ1n) is 10.2. The van der Waals surface area contributed by atoms with E-state index in [1.807, 2.05) is 30.3 Å². The minimum absolute atomic E-state index is 0.106. The number of rotatable bonds is 3. The Labute approximate surface area is 182 Å². The van der Waals surface area contributed by atoms with E-state index in [-0.39, 0.29) is 16.6 Å². The third-order valence-electron chi connectivity index (χ3n) is 5.73. The van der Waals surface area contributed by atoms with Crippen LogP contribution in [0.3, 0.4) is 0 Å². The molecule has 0 aliphatic carbocycles. The number of hydrogen-bond acceptors (Lipinski definition) is 2. The average molecular weight is 421 g/mol. The van der Waals surface area contributed by atoms with Crippen molar-refractivity contribution in [2.24, 2.45) is 0 Å². The van der Waals surface area contributed by atoms with E-state index in [0.717, 1.165) is 27.5 Å². The second kappa shape index (κ2) is 7.31. The van der Waals surface area contributed by atoms with Crippen LogP contribution in [0.5, 0.6) is 0 Å². The molecule has 0 aliphatic rings. The van der Waals surface area contributed by atoms with Crippen LogP contribution in [-0.4, -0.2) is 9.97 Å². The predicted octanol–water partition coefficient (Wildman–Crippen LogP) is 7.39. The molecule has 30 heavy (non-hydrogen) atoms. The second-order valence-electron chi connectivity index (χ2n) is 9.68. The van der Waals surface area contributed by atoms with Gasteiger partial charge in [-0.05, 0) is 70.8 Å². The molecule has 4 rings (SSSR count). The van der Waals surface area contributed by atoms with Crippen molar-refractivity contribution in [3.63, 3.8) is 0 Å². The zero-order chi connectivity index (χ0) is 21.7. The molecule has 0 aliphatic heterocycles. The predicted molar refractivity (Wildman–Crippen MR) is 124 cm³/mol. The van der Waals surface area contributed by atoms with Gasteiger partial charge in [0.25, 0.3) is 0 Å². The summed E-state index contributed by atoms with van der Waals surface area (Å²) in [6, 6.07) is 17.7. The molecule has 2 aromatic carbocycles. The van der Waals surface area contributed by atoms with E-state index in [9.17, 15) is 4.39 Å². The maximum absolute atomic E-state index is 14.8. The Morgan fingerprint density at radius 2 is 1.50 bits per heavy atom. The van der Waals surface area contributed by atoms with Crippen LogP contribution in [-0.2, 0) is 17.3 Å². The largest absolute Gasteiger partial charge is 0.250 e. The van der Waals surface area contributed by atoms with E-state index in [1.165, 1.54) is 5.56 Å². The third-order valence-corrected chi connectivity index (χ3v) is 5.94. The van der Waals surface area contributed by atoms with Crippen molar-refractivity contribution in [1.82, 2.24) is 9.97 Å². The van der Waals surface area contributed by atoms with Crippen LogP contribution in [0, 0.1) is 5.82 Å². The van der Waals surface area contributed by atoms with Crippen molar-refractivity contribution in [3.05, 3.63) is 82.4 Å². The highest BCUT2D eigenvalue weighted by Crippen LogP contribution is 2.32. The lowest BCUT2D eigenvalue weighted by atomic mass is 9.80. The minimum atomic E-state index is -0.259. The third kappa shape index (κ3) is 4.04. The Morgan fingerprint density at radius 3 is 2.23 bits per heavy atom. The van der Waals surface area contributed by atoms with Crippen molar-refractivity contribution < 1.29 is 4.39 Å². The van der Waals surface area contributed by atoms with Crippen LogP contribution in [0.15, 0.2) is 54.6 Å². The SMILES string of the molecule is CC(C)(C)c1cc(F)c2nc(CC(C)(C)c3ccc4nc(Cl)ccc4c3)ccc2c1. The van der Waals surface area contributed by atoms with E-state index in [0.29, 0.717) is 17.1 Å². The molecule has 0 spiro atoms. The van der Waals surface area contributed by atoms with Crippen LogP contribution in [0.2, 0.25) is 5.15 Å². The molecule has 2 nitrogen and oxygen atoms in total. The van der Waals surface area contributed by atoms with Crippen LogP contribution in [0.4, 0.5) is 4.39 Å². The summed E-state index contributed by atoms with van der Waals surface area (Å²) >= 11 is 6.00. The van der Waals surface area contributed by atoms with Gasteiger partial charge in [-0.15, -0.1) is 0 Å². The summed E-state index contributed by atoms with van der Waals surface area (Å²) in [6.45, 7) is 10.6. The zero-order valence-corrected chi connectivity index (χ0v) is 18.8. The van der Waals surface area contributed by atoms with Crippen LogP contribution in [0.25, 0.3) is 21.8 Å². The maximum atomic E-state index is 14.8. The molecule has 0 saturated heterocycles. The first-order valence-corrected chi connectivity index (χ1v) is 10.6. The van der Waals surface area contributed by atoms with Crippen molar-refractivity contribution in [1.29, 1.82) is 0 Å². The number of pyridine rings is 2. The molecule has 2 heterocycles. The molecule has 154 valence electrons. The van der Waals surface area contributed by atoms with Gasteiger partial charge < -0.3 is 0 Å². The number of nitrogens with zero attached hydrogens (tertiary/aromatic N) is 2. The fourth-order valence-electron chi connectivity index (χ4n) is 3.84. The van der Waals surface area contributed by atoms with Crippen molar-refractivity contribution in [2.75, 3.05) is 0 Å². The number of halogens is 2. The Kier molecular flexibility index (Phi) is 5.06. The molecular formula is C26H26ClFN2. The molecule has 0 atom stereocenters. The highest BCUT2D eigenvalue weighted by atomic mass is 35.5. The molecule has 2 aromatic heterocycles. The normalized spacial score (nSPS) is 12.6. The van der Waals surface area contributed by atoms with E-state index in [2.05, 4.69) is 56.7 Å². The molecule has 0 saturated carbocycles. The molecule has 0 N–H and O–H groups in total. The monoisotopic (exact) mass is 420 g/mol. The summed E-state index contributed by atoms with van der Waals surface area (Å²) in [5.74, 6) is -0.259. The highest BCUT2D eigenvalue weighted by molar-refractivity contribution is 6.29. The first-order chi connectivity index (χ1) is 14.0. The lowest BCUT2D eigenvalue weighted by Crippen LogP contribution is -2.21. The molecule has 4 aromatic rings. The topological polar surface area (TPSA) is 25.8 Å². The summed E-state index contributed by atoms with van der Waals surface area (Å²) in [4.78, 5) is 9.04. The minimum Gasteiger partial charge on any atom is -0.250 e. The fraction of sp³-hybridized carbons (Fsp3) is 0.308. The summed E-state index contributed by atoms with van der Waals surface area (Å²) in [6.07, 6.45) is 0.704. The Morgan fingerprint density at radius 1 is 0.800 bits per heavy atom. The van der Waals surface area contributed by atoms with E-state index < -0.39 is 0 Å². The Balaban J connectivity index is 1.68. The zero-order valence-electron chi connectivity index (χ0n) is 18.1. The van der Waals surface area contributed by atoms with Crippen LogP contribution >= 0.6 is 11.6 Å². The second-order valence-corrected chi connectivity index (χ2v) is 10.1. The number of fused-ring (bicyclic) bond motifs is 2. The van der Waals surface area contributed by atoms with Crippen LogP contribution in [0.1, 0.15) is 51.4 Å². The molecule has 4 heteroatoms. The lowest BCUT2D eigenvalue weighted by molar-refractivity contribution is 0.516. The molecule has 0 radical (unpaired) electrons.